The first-order chi connectivity index (χ1) is 11.2. The van der Waals surface area contributed by atoms with Crippen molar-refractivity contribution in [1.29, 1.82) is 0 Å². The molecule has 1 aliphatic carbocycles. The van der Waals surface area contributed by atoms with Crippen molar-refractivity contribution in [3.8, 4) is 5.75 Å². The fourth-order valence-electron chi connectivity index (χ4n) is 4.07. The van der Waals surface area contributed by atoms with E-state index in [0.717, 1.165) is 37.2 Å². The number of rotatable bonds is 4. The van der Waals surface area contributed by atoms with Crippen LogP contribution < -0.4 is 4.74 Å². The van der Waals surface area contributed by atoms with Crippen molar-refractivity contribution in [2.45, 2.75) is 50.5 Å². The Morgan fingerprint density at radius 2 is 2.17 bits per heavy atom. The van der Waals surface area contributed by atoms with E-state index >= 15 is 0 Å². The number of esters is 1. The molecule has 2 heterocycles. The Hall–Kier alpha value is -1.59. The second-order valence-corrected chi connectivity index (χ2v) is 6.69. The SMILES string of the molecule is CO[C@@H]1CCN(C2CCCC2Oc2ccc3c(c2)COC3=O)C1. The zero-order valence-corrected chi connectivity index (χ0v) is 13.5. The third-order valence-electron chi connectivity index (χ3n) is 5.34. The van der Waals surface area contributed by atoms with E-state index < -0.39 is 0 Å². The first-order valence-electron chi connectivity index (χ1n) is 8.48. The third-order valence-corrected chi connectivity index (χ3v) is 5.34. The molecule has 0 N–H and O–H groups in total. The Kier molecular flexibility index (Phi) is 3.99. The van der Waals surface area contributed by atoms with E-state index in [1.54, 1.807) is 7.11 Å². The van der Waals surface area contributed by atoms with E-state index in [2.05, 4.69) is 4.90 Å². The summed E-state index contributed by atoms with van der Waals surface area (Å²) in [6, 6.07) is 6.14. The fourth-order valence-corrected chi connectivity index (χ4v) is 4.07. The van der Waals surface area contributed by atoms with Gasteiger partial charge in [0, 0.05) is 31.8 Å². The van der Waals surface area contributed by atoms with Gasteiger partial charge in [0.2, 0.25) is 0 Å². The highest BCUT2D eigenvalue weighted by molar-refractivity contribution is 5.93. The molecule has 0 aromatic heterocycles. The molecule has 2 unspecified atom stereocenters. The lowest BCUT2D eigenvalue weighted by Crippen LogP contribution is -2.42. The summed E-state index contributed by atoms with van der Waals surface area (Å²) < 4.78 is 16.8. The minimum atomic E-state index is -0.229. The Morgan fingerprint density at radius 3 is 3.00 bits per heavy atom. The van der Waals surface area contributed by atoms with E-state index in [1.807, 2.05) is 18.2 Å². The van der Waals surface area contributed by atoms with Crippen molar-refractivity contribution >= 4 is 5.97 Å². The summed E-state index contributed by atoms with van der Waals surface area (Å²) in [6.07, 6.45) is 5.17. The molecule has 1 aromatic carbocycles. The van der Waals surface area contributed by atoms with Crippen molar-refractivity contribution in [3.05, 3.63) is 29.3 Å². The molecule has 1 saturated heterocycles. The topological polar surface area (TPSA) is 48.0 Å². The molecule has 0 amide bonds. The summed E-state index contributed by atoms with van der Waals surface area (Å²) in [5.41, 5.74) is 1.60. The Morgan fingerprint density at radius 1 is 1.26 bits per heavy atom. The molecular formula is C18H23NO4. The predicted molar refractivity (Wildman–Crippen MR) is 84.6 cm³/mol. The molecular weight excluding hydrogens is 294 g/mol. The van der Waals surface area contributed by atoms with Crippen LogP contribution in [-0.2, 0) is 16.1 Å². The van der Waals surface area contributed by atoms with Crippen LogP contribution in [0.1, 0.15) is 41.6 Å². The summed E-state index contributed by atoms with van der Waals surface area (Å²) in [7, 11) is 1.80. The normalized spacial score (nSPS) is 30.5. The standard InChI is InChI=1S/C18H23NO4/c1-21-14-7-8-19(10-14)16-3-2-4-17(16)23-13-5-6-15-12(9-13)11-22-18(15)20/h5-6,9,14,16-17H,2-4,7-8,10-11H2,1H3/t14-,16?,17?/m1/s1. The van der Waals surface area contributed by atoms with Crippen molar-refractivity contribution in [3.63, 3.8) is 0 Å². The van der Waals surface area contributed by atoms with Crippen molar-refractivity contribution in [2.75, 3.05) is 20.2 Å². The molecule has 3 aliphatic rings. The number of nitrogens with zero attached hydrogens (tertiary/aromatic N) is 1. The maximum absolute atomic E-state index is 11.5. The molecule has 1 aromatic rings. The molecule has 23 heavy (non-hydrogen) atoms. The predicted octanol–water partition coefficient (Wildman–Crippen LogP) is 2.38. The van der Waals surface area contributed by atoms with Gasteiger partial charge >= 0.3 is 5.97 Å². The van der Waals surface area contributed by atoms with E-state index in [9.17, 15) is 4.79 Å². The third kappa shape index (κ3) is 2.83. The van der Waals surface area contributed by atoms with Crippen LogP contribution in [0.4, 0.5) is 0 Å². The summed E-state index contributed by atoms with van der Waals surface area (Å²) >= 11 is 0. The van der Waals surface area contributed by atoms with Crippen LogP contribution in [0.3, 0.4) is 0 Å². The average molecular weight is 317 g/mol. The van der Waals surface area contributed by atoms with Crippen LogP contribution in [-0.4, -0.2) is 49.3 Å². The van der Waals surface area contributed by atoms with Gasteiger partial charge in [-0.1, -0.05) is 0 Å². The first kappa shape index (κ1) is 15.0. The molecule has 0 spiro atoms. The molecule has 124 valence electrons. The number of hydrogen-bond donors (Lipinski definition) is 0. The lowest BCUT2D eigenvalue weighted by Gasteiger charge is -2.29. The monoisotopic (exact) mass is 317 g/mol. The van der Waals surface area contributed by atoms with E-state index in [4.69, 9.17) is 14.2 Å². The van der Waals surface area contributed by atoms with Crippen LogP contribution >= 0.6 is 0 Å². The van der Waals surface area contributed by atoms with Crippen molar-refractivity contribution in [2.24, 2.45) is 0 Å². The molecule has 5 nitrogen and oxygen atoms in total. The maximum Gasteiger partial charge on any atom is 0.338 e. The minimum Gasteiger partial charge on any atom is -0.489 e. The number of carbonyl (C=O) groups is 1. The molecule has 3 atom stereocenters. The highest BCUT2D eigenvalue weighted by Gasteiger charge is 2.37. The minimum absolute atomic E-state index is 0.224. The number of cyclic esters (lactones) is 1. The fraction of sp³-hybridized carbons (Fsp3) is 0.611. The number of hydrogen-bond acceptors (Lipinski definition) is 5. The van der Waals surface area contributed by atoms with Gasteiger partial charge < -0.3 is 14.2 Å². The molecule has 1 saturated carbocycles. The highest BCUT2D eigenvalue weighted by Crippen LogP contribution is 2.32. The summed E-state index contributed by atoms with van der Waals surface area (Å²) in [5, 5.41) is 0. The molecule has 0 radical (unpaired) electrons. The largest absolute Gasteiger partial charge is 0.489 e. The van der Waals surface area contributed by atoms with Gasteiger partial charge in [0.25, 0.3) is 0 Å². The quantitative estimate of drug-likeness (QED) is 0.798. The van der Waals surface area contributed by atoms with Crippen LogP contribution in [0.15, 0.2) is 18.2 Å². The van der Waals surface area contributed by atoms with Crippen molar-refractivity contribution < 1.29 is 19.0 Å². The van der Waals surface area contributed by atoms with Gasteiger partial charge in [0.15, 0.2) is 0 Å². The highest BCUT2D eigenvalue weighted by atomic mass is 16.5. The summed E-state index contributed by atoms with van der Waals surface area (Å²) in [4.78, 5) is 14.0. The second-order valence-electron chi connectivity index (χ2n) is 6.69. The van der Waals surface area contributed by atoms with Gasteiger partial charge in [-0.3, -0.25) is 4.90 Å². The van der Waals surface area contributed by atoms with Gasteiger partial charge in [-0.05, 0) is 43.9 Å². The van der Waals surface area contributed by atoms with E-state index in [-0.39, 0.29) is 12.1 Å². The van der Waals surface area contributed by atoms with Gasteiger partial charge in [-0.25, -0.2) is 4.79 Å². The first-order valence-corrected chi connectivity index (χ1v) is 8.48. The van der Waals surface area contributed by atoms with Gasteiger partial charge in [0.1, 0.15) is 18.5 Å². The second kappa shape index (κ2) is 6.13. The molecule has 2 aliphatic heterocycles. The van der Waals surface area contributed by atoms with Crippen LogP contribution in [0.5, 0.6) is 5.75 Å². The maximum atomic E-state index is 11.5. The van der Waals surface area contributed by atoms with Crippen LogP contribution in [0.2, 0.25) is 0 Å². The average Bonchev–Trinajstić information content (AvgIpc) is 3.27. The van der Waals surface area contributed by atoms with Gasteiger partial charge in [-0.15, -0.1) is 0 Å². The Bertz CT molecular complexity index is 603. The Balaban J connectivity index is 1.45. The van der Waals surface area contributed by atoms with Gasteiger partial charge in [-0.2, -0.15) is 0 Å². The lowest BCUT2D eigenvalue weighted by molar-refractivity contribution is 0.0534. The number of fused-ring (bicyclic) bond motifs is 1. The number of ether oxygens (including phenoxy) is 3. The Labute approximate surface area is 136 Å². The smallest absolute Gasteiger partial charge is 0.338 e. The lowest BCUT2D eigenvalue weighted by atomic mass is 10.1. The number of likely N-dealkylation sites (tertiary alicyclic amines) is 1. The molecule has 4 rings (SSSR count). The van der Waals surface area contributed by atoms with E-state index in [0.29, 0.717) is 24.3 Å². The van der Waals surface area contributed by atoms with Crippen LogP contribution in [0, 0.1) is 0 Å². The number of methoxy groups -OCH3 is 1. The van der Waals surface area contributed by atoms with Crippen LogP contribution in [0.25, 0.3) is 0 Å². The zero-order valence-electron chi connectivity index (χ0n) is 13.5. The van der Waals surface area contributed by atoms with Gasteiger partial charge in [0.05, 0.1) is 11.7 Å². The number of carbonyl (C=O) groups excluding carboxylic acids is 1. The molecule has 5 heteroatoms. The van der Waals surface area contributed by atoms with Crippen molar-refractivity contribution in [1.82, 2.24) is 4.90 Å². The zero-order chi connectivity index (χ0) is 15.8. The van der Waals surface area contributed by atoms with E-state index in [1.165, 1.54) is 12.8 Å². The summed E-state index contributed by atoms with van der Waals surface area (Å²) in [6.45, 7) is 2.46. The number of benzene rings is 1. The summed E-state index contributed by atoms with van der Waals surface area (Å²) in [5.74, 6) is 0.620. The molecule has 0 bridgehead atoms. The molecule has 2 fully saturated rings.